The summed E-state index contributed by atoms with van der Waals surface area (Å²) in [4.78, 5) is 11.0. The first-order chi connectivity index (χ1) is 6.58. The normalized spacial score (nSPS) is 10.8. The monoisotopic (exact) mass is 256 g/mol. The highest BCUT2D eigenvalue weighted by Gasteiger charge is 2.10. The van der Waals surface area contributed by atoms with Crippen LogP contribution in [0.2, 0.25) is 0 Å². The van der Waals surface area contributed by atoms with Gasteiger partial charge in [-0.25, -0.2) is 4.39 Å². The second kappa shape index (κ2) is 3.20. The van der Waals surface area contributed by atoms with Crippen LogP contribution in [0.3, 0.4) is 0 Å². The second-order valence-electron chi connectivity index (χ2n) is 2.97. The van der Waals surface area contributed by atoms with Gasteiger partial charge in [-0.3, -0.25) is 4.79 Å². The SMILES string of the molecule is CC(=O)c1cc2cc(Br)c(F)cc2o1. The van der Waals surface area contributed by atoms with Crippen LogP contribution < -0.4 is 0 Å². The van der Waals surface area contributed by atoms with Gasteiger partial charge in [0, 0.05) is 18.4 Å². The van der Waals surface area contributed by atoms with E-state index in [0.29, 0.717) is 15.4 Å². The lowest BCUT2D eigenvalue weighted by Crippen LogP contribution is -1.85. The molecule has 0 aliphatic rings. The standard InChI is InChI=1S/C10H6BrFO2/c1-5(13)9-3-6-2-7(11)8(12)4-10(6)14-9/h2-4H,1H3. The van der Waals surface area contributed by atoms with Crippen molar-refractivity contribution in [1.82, 2.24) is 0 Å². The highest BCUT2D eigenvalue weighted by Crippen LogP contribution is 2.26. The summed E-state index contributed by atoms with van der Waals surface area (Å²) in [6.07, 6.45) is 0. The Morgan fingerprint density at radius 3 is 2.79 bits per heavy atom. The molecule has 0 radical (unpaired) electrons. The third-order valence-corrected chi connectivity index (χ3v) is 2.51. The molecule has 0 fully saturated rings. The van der Waals surface area contributed by atoms with E-state index in [4.69, 9.17) is 4.42 Å². The van der Waals surface area contributed by atoms with Gasteiger partial charge in [-0.05, 0) is 28.1 Å². The fraction of sp³-hybridized carbons (Fsp3) is 0.100. The number of furan rings is 1. The van der Waals surface area contributed by atoms with E-state index in [1.54, 1.807) is 12.1 Å². The van der Waals surface area contributed by atoms with Crippen LogP contribution in [0, 0.1) is 5.82 Å². The first-order valence-corrected chi connectivity index (χ1v) is 4.77. The molecule has 0 saturated carbocycles. The Kier molecular flexibility index (Phi) is 2.15. The summed E-state index contributed by atoms with van der Waals surface area (Å²) in [6.45, 7) is 1.41. The van der Waals surface area contributed by atoms with Crippen LogP contribution in [-0.2, 0) is 0 Å². The Morgan fingerprint density at radius 1 is 1.43 bits per heavy atom. The van der Waals surface area contributed by atoms with Gasteiger partial charge in [-0.2, -0.15) is 0 Å². The molecule has 0 bridgehead atoms. The van der Waals surface area contributed by atoms with Gasteiger partial charge in [0.15, 0.2) is 11.5 Å². The number of hydrogen-bond donors (Lipinski definition) is 0. The molecule has 72 valence electrons. The lowest BCUT2D eigenvalue weighted by atomic mass is 10.2. The first kappa shape index (κ1) is 9.40. The molecule has 0 saturated heterocycles. The van der Waals surface area contributed by atoms with Gasteiger partial charge in [-0.15, -0.1) is 0 Å². The maximum absolute atomic E-state index is 13.1. The predicted octanol–water partition coefficient (Wildman–Crippen LogP) is 3.54. The minimum absolute atomic E-state index is 0.169. The van der Waals surface area contributed by atoms with Crippen molar-refractivity contribution in [2.24, 2.45) is 0 Å². The number of halogens is 2. The zero-order chi connectivity index (χ0) is 10.3. The largest absolute Gasteiger partial charge is 0.453 e. The number of carbonyl (C=O) groups excluding carboxylic acids is 1. The predicted molar refractivity (Wildman–Crippen MR) is 53.9 cm³/mol. The van der Waals surface area contributed by atoms with Gasteiger partial charge >= 0.3 is 0 Å². The van der Waals surface area contributed by atoms with Crippen LogP contribution in [0.1, 0.15) is 17.5 Å². The average molecular weight is 257 g/mol. The lowest BCUT2D eigenvalue weighted by molar-refractivity contribution is 0.0989. The first-order valence-electron chi connectivity index (χ1n) is 3.97. The fourth-order valence-electron chi connectivity index (χ4n) is 1.21. The number of carbonyl (C=O) groups is 1. The molecule has 0 atom stereocenters. The number of benzene rings is 1. The molecule has 1 aromatic heterocycles. The van der Waals surface area contributed by atoms with Gasteiger partial charge in [0.1, 0.15) is 11.4 Å². The van der Waals surface area contributed by atoms with Crippen molar-refractivity contribution in [3.63, 3.8) is 0 Å². The third kappa shape index (κ3) is 1.46. The van der Waals surface area contributed by atoms with Gasteiger partial charge in [0.25, 0.3) is 0 Å². The van der Waals surface area contributed by atoms with E-state index in [1.165, 1.54) is 13.0 Å². The van der Waals surface area contributed by atoms with E-state index < -0.39 is 5.82 Å². The van der Waals surface area contributed by atoms with E-state index in [-0.39, 0.29) is 11.5 Å². The molecule has 2 rings (SSSR count). The molecule has 4 heteroatoms. The highest BCUT2D eigenvalue weighted by atomic mass is 79.9. The second-order valence-corrected chi connectivity index (χ2v) is 3.83. The summed E-state index contributed by atoms with van der Waals surface area (Å²) >= 11 is 3.06. The van der Waals surface area contributed by atoms with Gasteiger partial charge in [0.2, 0.25) is 0 Å². The molecule has 1 heterocycles. The Labute approximate surface area is 87.8 Å². The van der Waals surface area contributed by atoms with Crippen molar-refractivity contribution in [1.29, 1.82) is 0 Å². The van der Waals surface area contributed by atoms with Crippen LogP contribution in [0.25, 0.3) is 11.0 Å². The molecule has 2 nitrogen and oxygen atoms in total. The molecule has 0 aliphatic carbocycles. The number of rotatable bonds is 1. The van der Waals surface area contributed by atoms with Crippen LogP contribution >= 0.6 is 15.9 Å². The average Bonchev–Trinajstić information content (AvgIpc) is 2.48. The van der Waals surface area contributed by atoms with Crippen LogP contribution in [0.15, 0.2) is 27.1 Å². The third-order valence-electron chi connectivity index (χ3n) is 1.91. The summed E-state index contributed by atoms with van der Waals surface area (Å²) in [7, 11) is 0. The summed E-state index contributed by atoms with van der Waals surface area (Å²) in [5, 5.41) is 0.712. The van der Waals surface area contributed by atoms with E-state index in [9.17, 15) is 9.18 Å². The van der Waals surface area contributed by atoms with Gasteiger partial charge in [0.05, 0.1) is 4.47 Å². The highest BCUT2D eigenvalue weighted by molar-refractivity contribution is 9.10. The Bertz CT molecular complexity index is 477. The number of fused-ring (bicyclic) bond motifs is 1. The molecule has 14 heavy (non-hydrogen) atoms. The van der Waals surface area contributed by atoms with Crippen LogP contribution in [0.4, 0.5) is 4.39 Å². The number of Topliss-reactive ketones (excluding diaryl/α,β-unsaturated/α-hetero) is 1. The zero-order valence-corrected chi connectivity index (χ0v) is 8.89. The van der Waals surface area contributed by atoms with Crippen LogP contribution in [0.5, 0.6) is 0 Å². The van der Waals surface area contributed by atoms with Crippen molar-refractivity contribution in [3.05, 3.63) is 34.2 Å². The minimum Gasteiger partial charge on any atom is -0.453 e. The maximum atomic E-state index is 13.1. The summed E-state index contributed by atoms with van der Waals surface area (Å²) < 4.78 is 18.6. The van der Waals surface area contributed by atoms with E-state index in [1.807, 2.05) is 0 Å². The Morgan fingerprint density at radius 2 is 2.14 bits per heavy atom. The van der Waals surface area contributed by atoms with Crippen LogP contribution in [-0.4, -0.2) is 5.78 Å². The van der Waals surface area contributed by atoms with Crippen molar-refractivity contribution in [2.45, 2.75) is 6.92 Å². The van der Waals surface area contributed by atoms with Gasteiger partial charge in [-0.1, -0.05) is 0 Å². The molecule has 0 aliphatic heterocycles. The summed E-state index contributed by atoms with van der Waals surface area (Å²) in [6, 6.07) is 4.44. The molecule has 0 unspecified atom stereocenters. The zero-order valence-electron chi connectivity index (χ0n) is 7.30. The maximum Gasteiger partial charge on any atom is 0.194 e. The van der Waals surface area contributed by atoms with Crippen molar-refractivity contribution in [3.8, 4) is 0 Å². The van der Waals surface area contributed by atoms with E-state index >= 15 is 0 Å². The molecule has 1 aromatic carbocycles. The van der Waals surface area contributed by atoms with E-state index in [2.05, 4.69) is 15.9 Å². The van der Waals surface area contributed by atoms with Gasteiger partial charge < -0.3 is 4.42 Å². The van der Waals surface area contributed by atoms with E-state index in [0.717, 1.165) is 0 Å². The van der Waals surface area contributed by atoms with Crippen molar-refractivity contribution in [2.75, 3.05) is 0 Å². The topological polar surface area (TPSA) is 30.2 Å². The molecule has 0 amide bonds. The fourth-order valence-corrected chi connectivity index (χ4v) is 1.57. The molecule has 0 spiro atoms. The smallest absolute Gasteiger partial charge is 0.194 e. The summed E-state index contributed by atoms with van der Waals surface area (Å²) in [5.74, 6) is -0.322. The Balaban J connectivity index is 2.72. The number of hydrogen-bond acceptors (Lipinski definition) is 2. The quantitative estimate of drug-likeness (QED) is 0.731. The summed E-state index contributed by atoms with van der Waals surface area (Å²) in [5.41, 5.74) is 0.385. The number of ketones is 1. The van der Waals surface area contributed by atoms with Crippen molar-refractivity contribution < 1.29 is 13.6 Å². The minimum atomic E-state index is -0.401. The lowest BCUT2D eigenvalue weighted by Gasteiger charge is -1.92. The Hall–Kier alpha value is -1.16. The molecule has 2 aromatic rings. The molecule has 0 N–H and O–H groups in total. The molecular formula is C10H6BrFO2. The molecular weight excluding hydrogens is 251 g/mol. The van der Waals surface area contributed by atoms with Crippen molar-refractivity contribution >= 4 is 32.7 Å².